The van der Waals surface area contributed by atoms with Crippen LogP contribution in [0.1, 0.15) is 93.4 Å². The fraction of sp³-hybridized carbons (Fsp3) is 0.742. The molecule has 0 aromatic rings. The molecular weight excluding hydrogens is 484 g/mol. The lowest BCUT2D eigenvalue weighted by Gasteiger charge is -2.67. The Morgan fingerprint density at radius 3 is 2.34 bits per heavy atom. The number of hydrogen-bond acceptors (Lipinski definition) is 6. The Balaban J connectivity index is 1.86. The maximum atomic E-state index is 14.3. The van der Waals surface area contributed by atoms with Gasteiger partial charge in [0.05, 0.1) is 0 Å². The van der Waals surface area contributed by atoms with Crippen LogP contribution in [0, 0.1) is 39.9 Å². The van der Waals surface area contributed by atoms with Crippen molar-refractivity contribution in [2.75, 3.05) is 0 Å². The van der Waals surface area contributed by atoms with Crippen molar-refractivity contribution in [3.05, 3.63) is 22.8 Å². The van der Waals surface area contributed by atoms with E-state index in [1.807, 2.05) is 40.7 Å². The van der Waals surface area contributed by atoms with Crippen LogP contribution in [-0.2, 0) is 23.9 Å². The van der Waals surface area contributed by atoms with Crippen molar-refractivity contribution in [1.82, 2.24) is 0 Å². The first-order valence-corrected chi connectivity index (χ1v) is 14.1. The van der Waals surface area contributed by atoms with E-state index in [2.05, 4.69) is 6.92 Å². The molecule has 4 aliphatic carbocycles. The van der Waals surface area contributed by atoms with Crippen LogP contribution in [0.3, 0.4) is 0 Å². The number of esters is 1. The second kappa shape index (κ2) is 9.72. The standard InChI is InChI=1S/C31H44O7/c1-16(2)9-8-10-19(28(36)37)24-20-11-12-23-29(5)14-13-21(33)17(3)25(29)26(34)27(35)31(23,7)30(20,6)15-22(24)38-18(4)32/h9,17,20,22-23,25-26,34H,8,10-15H2,1-7H3,(H,36,37)/b24-19-/t17-,20+,22+,23+,25+,26-,29-,30+,31+/m0/s1. The highest BCUT2D eigenvalue weighted by atomic mass is 16.5. The van der Waals surface area contributed by atoms with Crippen LogP contribution in [0.2, 0.25) is 0 Å². The molecule has 0 aliphatic heterocycles. The zero-order chi connectivity index (χ0) is 28.4. The summed E-state index contributed by atoms with van der Waals surface area (Å²) in [6.45, 7) is 13.2. The van der Waals surface area contributed by atoms with Gasteiger partial charge in [0.15, 0.2) is 5.78 Å². The van der Waals surface area contributed by atoms with Crippen molar-refractivity contribution in [3.63, 3.8) is 0 Å². The molecule has 0 radical (unpaired) electrons. The number of aliphatic hydroxyl groups excluding tert-OH is 1. The van der Waals surface area contributed by atoms with Gasteiger partial charge in [0.1, 0.15) is 18.0 Å². The summed E-state index contributed by atoms with van der Waals surface area (Å²) in [6, 6.07) is 0. The first-order valence-electron chi connectivity index (χ1n) is 14.1. The minimum Gasteiger partial charge on any atom is -0.478 e. The summed E-state index contributed by atoms with van der Waals surface area (Å²) in [5.74, 6) is -2.77. The molecule has 38 heavy (non-hydrogen) atoms. The highest BCUT2D eigenvalue weighted by Gasteiger charge is 2.73. The van der Waals surface area contributed by atoms with E-state index in [1.54, 1.807) is 0 Å². The normalized spacial score (nSPS) is 43.5. The van der Waals surface area contributed by atoms with E-state index in [4.69, 9.17) is 4.74 Å². The first-order chi connectivity index (χ1) is 17.6. The first kappa shape index (κ1) is 28.7. The molecule has 0 heterocycles. The van der Waals surface area contributed by atoms with Gasteiger partial charge >= 0.3 is 11.9 Å². The number of ketones is 2. The third-order valence-corrected chi connectivity index (χ3v) is 11.2. The van der Waals surface area contributed by atoms with Crippen LogP contribution >= 0.6 is 0 Å². The molecule has 0 bridgehead atoms. The molecule has 2 N–H and O–H groups in total. The Kier molecular flexibility index (Phi) is 7.35. The highest BCUT2D eigenvalue weighted by molar-refractivity contribution is 5.94. The molecule has 4 rings (SSSR count). The van der Waals surface area contributed by atoms with Crippen molar-refractivity contribution in [1.29, 1.82) is 0 Å². The number of Topliss-reactive ketones (excluding diaryl/α,β-unsaturated/α-hetero) is 2. The van der Waals surface area contributed by atoms with Gasteiger partial charge < -0.3 is 14.9 Å². The number of carboxylic acids is 1. The van der Waals surface area contributed by atoms with Crippen molar-refractivity contribution in [3.8, 4) is 0 Å². The minimum atomic E-state index is -1.26. The van der Waals surface area contributed by atoms with Crippen LogP contribution in [0.25, 0.3) is 0 Å². The Labute approximate surface area is 226 Å². The van der Waals surface area contributed by atoms with Crippen molar-refractivity contribution in [2.45, 2.75) is 106 Å². The molecule has 0 spiro atoms. The van der Waals surface area contributed by atoms with E-state index < -0.39 is 46.3 Å². The van der Waals surface area contributed by atoms with Crippen LogP contribution < -0.4 is 0 Å². The molecule has 4 aliphatic rings. The zero-order valence-electron chi connectivity index (χ0n) is 23.9. The van der Waals surface area contributed by atoms with E-state index >= 15 is 0 Å². The molecular formula is C31H44O7. The Hall–Kier alpha value is -2.28. The summed E-state index contributed by atoms with van der Waals surface area (Å²) in [4.78, 5) is 51.7. The maximum Gasteiger partial charge on any atom is 0.331 e. The smallest absolute Gasteiger partial charge is 0.331 e. The van der Waals surface area contributed by atoms with E-state index in [1.165, 1.54) is 6.92 Å². The predicted octanol–water partition coefficient (Wildman–Crippen LogP) is 5.05. The van der Waals surface area contributed by atoms with Crippen LogP contribution in [0.15, 0.2) is 22.8 Å². The minimum absolute atomic E-state index is 0.0658. The van der Waals surface area contributed by atoms with Gasteiger partial charge in [-0.15, -0.1) is 0 Å². The molecule has 7 heteroatoms. The fourth-order valence-electron chi connectivity index (χ4n) is 9.37. The van der Waals surface area contributed by atoms with Gasteiger partial charge in [-0.05, 0) is 80.6 Å². The predicted molar refractivity (Wildman–Crippen MR) is 142 cm³/mol. The Morgan fingerprint density at radius 1 is 1.11 bits per heavy atom. The highest BCUT2D eigenvalue weighted by Crippen LogP contribution is 2.73. The van der Waals surface area contributed by atoms with Gasteiger partial charge in [0.2, 0.25) is 0 Å². The largest absolute Gasteiger partial charge is 0.478 e. The number of carbonyl (C=O) groups is 4. The second-order valence-corrected chi connectivity index (χ2v) is 13.3. The van der Waals surface area contributed by atoms with Crippen molar-refractivity contribution >= 4 is 23.5 Å². The summed E-state index contributed by atoms with van der Waals surface area (Å²) in [6.07, 6.45) is 3.69. The van der Waals surface area contributed by atoms with Crippen molar-refractivity contribution in [2.24, 2.45) is 39.9 Å². The van der Waals surface area contributed by atoms with Crippen LogP contribution in [-0.4, -0.2) is 45.9 Å². The molecule has 0 amide bonds. The van der Waals surface area contributed by atoms with E-state index in [0.29, 0.717) is 50.5 Å². The lowest BCUT2D eigenvalue weighted by molar-refractivity contribution is -0.213. The molecule has 7 nitrogen and oxygen atoms in total. The summed E-state index contributed by atoms with van der Waals surface area (Å²) in [7, 11) is 0. The monoisotopic (exact) mass is 528 g/mol. The maximum absolute atomic E-state index is 14.3. The van der Waals surface area contributed by atoms with Gasteiger partial charge in [0, 0.05) is 36.2 Å². The third-order valence-electron chi connectivity index (χ3n) is 11.2. The fourth-order valence-corrected chi connectivity index (χ4v) is 9.37. The molecule has 0 aromatic carbocycles. The molecule has 4 saturated carbocycles. The third kappa shape index (κ3) is 4.02. The lowest BCUT2D eigenvalue weighted by Crippen LogP contribution is -2.69. The van der Waals surface area contributed by atoms with Gasteiger partial charge in [-0.3, -0.25) is 14.4 Å². The van der Waals surface area contributed by atoms with Gasteiger partial charge in [-0.2, -0.15) is 0 Å². The lowest BCUT2D eigenvalue weighted by atomic mass is 9.36. The summed E-state index contributed by atoms with van der Waals surface area (Å²) < 4.78 is 5.80. The topological polar surface area (TPSA) is 118 Å². The van der Waals surface area contributed by atoms with E-state index in [9.17, 15) is 29.4 Å². The zero-order valence-corrected chi connectivity index (χ0v) is 23.9. The number of aliphatic carboxylic acids is 1. The van der Waals surface area contributed by atoms with Gasteiger partial charge in [0.25, 0.3) is 0 Å². The molecule has 0 unspecified atom stereocenters. The van der Waals surface area contributed by atoms with E-state index in [-0.39, 0.29) is 34.9 Å². The summed E-state index contributed by atoms with van der Waals surface area (Å²) in [5, 5.41) is 21.8. The Bertz CT molecular complexity index is 1110. The average molecular weight is 529 g/mol. The van der Waals surface area contributed by atoms with Gasteiger partial charge in [-0.25, -0.2) is 4.79 Å². The number of hydrogen-bond donors (Lipinski definition) is 2. The molecule has 9 atom stereocenters. The average Bonchev–Trinajstić information content (AvgIpc) is 3.09. The Morgan fingerprint density at radius 2 is 1.76 bits per heavy atom. The number of aliphatic hydroxyl groups is 1. The van der Waals surface area contributed by atoms with Crippen LogP contribution in [0.5, 0.6) is 0 Å². The second-order valence-electron chi connectivity index (χ2n) is 13.3. The number of carboxylic acid groups (broad SMARTS) is 1. The van der Waals surface area contributed by atoms with Gasteiger partial charge in [-0.1, -0.05) is 39.3 Å². The molecule has 4 fully saturated rings. The summed E-state index contributed by atoms with van der Waals surface area (Å²) in [5.41, 5.74) is -0.0476. The number of allylic oxidation sites excluding steroid dienone is 2. The SMILES string of the molecule is CC(=O)O[C@@H]1C[C@]2(C)[C@H](CC[C@@H]3[C@]4(C)CCC(=O)[C@H](C)[C@@H]4[C@H](O)C(=O)[C@@]32C)/C1=C(\CCC=C(C)C)C(=O)O. The number of carbonyl (C=O) groups excluding carboxylic acids is 3. The molecule has 210 valence electrons. The quantitative estimate of drug-likeness (QED) is 0.291. The van der Waals surface area contributed by atoms with Crippen molar-refractivity contribution < 1.29 is 34.1 Å². The van der Waals surface area contributed by atoms with E-state index in [0.717, 1.165) is 5.57 Å². The van der Waals surface area contributed by atoms with Crippen LogP contribution in [0.4, 0.5) is 0 Å². The molecule has 0 saturated heterocycles. The number of fused-ring (bicyclic) bond motifs is 5. The molecule has 0 aromatic heterocycles. The number of rotatable bonds is 5. The summed E-state index contributed by atoms with van der Waals surface area (Å²) >= 11 is 0. The number of ether oxygens (including phenoxy) is 1.